The van der Waals surface area contributed by atoms with Crippen LogP contribution in [0.4, 0.5) is 32.4 Å². The Hall–Kier alpha value is -4.19. The van der Waals surface area contributed by atoms with E-state index < -0.39 is 71.3 Å². The molecule has 3 amide bonds. The Morgan fingerprint density at radius 3 is 2.23 bits per heavy atom. The number of urea groups is 1. The lowest BCUT2D eigenvalue weighted by Crippen LogP contribution is -2.47. The van der Waals surface area contributed by atoms with Crippen LogP contribution in [0.1, 0.15) is 46.4 Å². The summed E-state index contributed by atoms with van der Waals surface area (Å²) in [7, 11) is 1.53. The van der Waals surface area contributed by atoms with Gasteiger partial charge in [0, 0.05) is 67.6 Å². The average Bonchev–Trinajstić information content (AvgIpc) is 2.90. The second kappa shape index (κ2) is 11.9. The van der Waals surface area contributed by atoms with Gasteiger partial charge in [0.25, 0.3) is 5.91 Å². The maximum Gasteiger partial charge on any atom is 0.325 e. The molecule has 3 aromatic rings. The second-order valence-corrected chi connectivity index (χ2v) is 9.25. The number of amides is 3. The second-order valence-electron chi connectivity index (χ2n) is 9.25. The Bertz CT molecular complexity index is 1410. The van der Waals surface area contributed by atoms with Crippen molar-refractivity contribution in [2.45, 2.75) is 32.5 Å². The maximum absolute atomic E-state index is 14.9. The van der Waals surface area contributed by atoms with E-state index >= 15 is 0 Å². The van der Waals surface area contributed by atoms with Crippen LogP contribution in [0.15, 0.2) is 42.5 Å². The Kier molecular flexibility index (Phi) is 8.58. The van der Waals surface area contributed by atoms with E-state index in [0.717, 1.165) is 17.0 Å². The molecule has 1 atom stereocenters. The van der Waals surface area contributed by atoms with Crippen molar-refractivity contribution in [3.05, 3.63) is 93.8 Å². The van der Waals surface area contributed by atoms with Gasteiger partial charge in [-0.1, -0.05) is 6.07 Å². The van der Waals surface area contributed by atoms with Crippen LogP contribution < -0.4 is 15.0 Å². The number of anilines is 1. The van der Waals surface area contributed by atoms with Gasteiger partial charge < -0.3 is 20.1 Å². The van der Waals surface area contributed by atoms with Gasteiger partial charge in [0.15, 0.2) is 0 Å². The number of rotatable bonds is 9. The van der Waals surface area contributed by atoms with Gasteiger partial charge in [0.05, 0.1) is 24.9 Å². The lowest BCUT2D eigenvalue weighted by Gasteiger charge is -2.39. The van der Waals surface area contributed by atoms with E-state index in [9.17, 15) is 31.5 Å². The van der Waals surface area contributed by atoms with Crippen molar-refractivity contribution in [1.29, 1.82) is 0 Å². The molecule has 7 nitrogen and oxygen atoms in total. The topological polar surface area (TPSA) is 82.1 Å². The van der Waals surface area contributed by atoms with Gasteiger partial charge in [-0.15, -0.1) is 0 Å². The van der Waals surface area contributed by atoms with Gasteiger partial charge in [-0.2, -0.15) is 0 Å². The zero-order valence-electron chi connectivity index (χ0n) is 21.6. The van der Waals surface area contributed by atoms with Crippen molar-refractivity contribution in [1.82, 2.24) is 10.2 Å². The van der Waals surface area contributed by atoms with Crippen LogP contribution in [0.2, 0.25) is 0 Å². The largest absolute Gasteiger partial charge is 0.493 e. The monoisotopic (exact) mass is 563 g/mol. The summed E-state index contributed by atoms with van der Waals surface area (Å²) in [5, 5.41) is 11.2. The SMILES string of the molecule is C[C@H]1c2ccc(C(=O)NCc3c(F)cc(F)cc3F)cc2N(Cc2c(F)cc(OCCCO)cc2F)C(=O)N1C. The molecule has 40 heavy (non-hydrogen) atoms. The van der Waals surface area contributed by atoms with Crippen LogP contribution in [0, 0.1) is 29.1 Å². The molecular formula is C28H26F5N3O4. The standard InChI is InChI=1S/C28H26F5N3O4/c1-15-19-5-4-16(27(38)34-13-20-22(30)9-17(29)10-23(20)31)8-26(19)36(28(39)35(15)2)14-21-24(32)11-18(12-25(21)33)40-7-3-6-37/h4-5,8-12,15,37H,3,6-7,13-14H2,1-2H3,(H,34,38)/t15-/m0/s1. The molecule has 0 saturated heterocycles. The molecule has 4 rings (SSSR count). The highest BCUT2D eigenvalue weighted by Crippen LogP contribution is 2.38. The van der Waals surface area contributed by atoms with Crippen molar-refractivity contribution in [2.24, 2.45) is 0 Å². The number of nitrogens with zero attached hydrogens (tertiary/aromatic N) is 2. The van der Waals surface area contributed by atoms with Gasteiger partial charge in [-0.3, -0.25) is 9.69 Å². The molecule has 0 bridgehead atoms. The summed E-state index contributed by atoms with van der Waals surface area (Å²) in [6, 6.07) is 6.33. The predicted octanol–water partition coefficient (Wildman–Crippen LogP) is 5.21. The smallest absolute Gasteiger partial charge is 0.325 e. The summed E-state index contributed by atoms with van der Waals surface area (Å²) < 4.78 is 76.3. The van der Waals surface area contributed by atoms with Crippen molar-refractivity contribution in [2.75, 3.05) is 25.2 Å². The number of fused-ring (bicyclic) bond motifs is 1. The number of hydrogen-bond donors (Lipinski definition) is 2. The van der Waals surface area contributed by atoms with Gasteiger partial charge in [-0.25, -0.2) is 26.7 Å². The molecule has 12 heteroatoms. The Balaban J connectivity index is 1.62. The summed E-state index contributed by atoms with van der Waals surface area (Å²) >= 11 is 0. The van der Waals surface area contributed by atoms with Crippen molar-refractivity contribution >= 4 is 17.6 Å². The minimum atomic E-state index is -1.16. The van der Waals surface area contributed by atoms with E-state index in [-0.39, 0.29) is 36.6 Å². The van der Waals surface area contributed by atoms with Gasteiger partial charge in [-0.05, 0) is 24.6 Å². The minimum absolute atomic E-state index is 0.0183. The molecule has 0 fully saturated rings. The van der Waals surface area contributed by atoms with E-state index in [1.54, 1.807) is 13.0 Å². The molecule has 212 valence electrons. The summed E-state index contributed by atoms with van der Waals surface area (Å²) in [5.74, 6) is -6.14. The molecule has 0 unspecified atom stereocenters. The van der Waals surface area contributed by atoms with Gasteiger partial charge >= 0.3 is 6.03 Å². The first-order chi connectivity index (χ1) is 19.0. The summed E-state index contributed by atoms with van der Waals surface area (Å²) in [5.41, 5.74) is -0.100. The fraction of sp³-hybridized carbons (Fsp3) is 0.286. The molecule has 3 aromatic carbocycles. The third-order valence-corrected chi connectivity index (χ3v) is 6.68. The molecule has 1 aliphatic heterocycles. The first-order valence-corrected chi connectivity index (χ1v) is 12.3. The molecule has 2 N–H and O–H groups in total. The van der Waals surface area contributed by atoms with E-state index in [0.29, 0.717) is 17.7 Å². The fourth-order valence-corrected chi connectivity index (χ4v) is 4.33. The van der Waals surface area contributed by atoms with E-state index in [1.807, 2.05) is 0 Å². The molecule has 0 saturated carbocycles. The zero-order valence-corrected chi connectivity index (χ0v) is 21.6. The number of ether oxygens (including phenoxy) is 1. The van der Waals surface area contributed by atoms with Gasteiger partial charge in [0.1, 0.15) is 34.8 Å². The van der Waals surface area contributed by atoms with Crippen molar-refractivity contribution in [3.63, 3.8) is 0 Å². The Morgan fingerprint density at radius 2 is 1.60 bits per heavy atom. The van der Waals surface area contributed by atoms with E-state index in [2.05, 4.69) is 5.32 Å². The van der Waals surface area contributed by atoms with Crippen LogP contribution >= 0.6 is 0 Å². The first-order valence-electron chi connectivity index (χ1n) is 12.3. The average molecular weight is 564 g/mol. The van der Waals surface area contributed by atoms with Crippen LogP contribution in [-0.2, 0) is 13.1 Å². The van der Waals surface area contributed by atoms with Crippen molar-refractivity contribution in [3.8, 4) is 5.75 Å². The zero-order chi connectivity index (χ0) is 29.1. The molecule has 1 aliphatic rings. The highest BCUT2D eigenvalue weighted by molar-refractivity contribution is 5.99. The number of hydrogen-bond acceptors (Lipinski definition) is 4. The van der Waals surface area contributed by atoms with Crippen LogP contribution in [0.3, 0.4) is 0 Å². The van der Waals surface area contributed by atoms with Crippen LogP contribution in [0.25, 0.3) is 0 Å². The lowest BCUT2D eigenvalue weighted by molar-refractivity contribution is 0.0950. The Labute approximate surface area is 226 Å². The third kappa shape index (κ3) is 5.86. The maximum atomic E-state index is 14.9. The van der Waals surface area contributed by atoms with Gasteiger partial charge in [0.2, 0.25) is 0 Å². The number of aliphatic hydroxyl groups is 1. The highest BCUT2D eigenvalue weighted by Gasteiger charge is 2.35. The third-order valence-electron chi connectivity index (χ3n) is 6.68. The minimum Gasteiger partial charge on any atom is -0.493 e. The number of benzene rings is 3. The molecular weight excluding hydrogens is 537 g/mol. The summed E-state index contributed by atoms with van der Waals surface area (Å²) in [6.45, 7) is 0.576. The van der Waals surface area contributed by atoms with E-state index in [4.69, 9.17) is 9.84 Å². The summed E-state index contributed by atoms with van der Waals surface area (Å²) in [6.07, 6.45) is 0.276. The van der Waals surface area contributed by atoms with Crippen molar-refractivity contribution < 1.29 is 41.4 Å². The molecule has 0 aliphatic carbocycles. The highest BCUT2D eigenvalue weighted by atomic mass is 19.2. The molecule has 1 heterocycles. The summed E-state index contributed by atoms with van der Waals surface area (Å²) in [4.78, 5) is 28.6. The first kappa shape index (κ1) is 28.8. The molecule has 0 spiro atoms. The molecule has 0 aromatic heterocycles. The normalized spacial score (nSPS) is 14.8. The van der Waals surface area contributed by atoms with Crippen LogP contribution in [-0.4, -0.2) is 42.2 Å². The molecule has 0 radical (unpaired) electrons. The lowest BCUT2D eigenvalue weighted by atomic mass is 9.98. The predicted molar refractivity (Wildman–Crippen MR) is 135 cm³/mol. The number of nitrogens with one attached hydrogen (secondary N) is 1. The number of aliphatic hydroxyl groups excluding tert-OH is 1. The number of carbonyl (C=O) groups is 2. The van der Waals surface area contributed by atoms with Crippen LogP contribution in [0.5, 0.6) is 5.75 Å². The number of halogens is 5. The number of carbonyl (C=O) groups excluding carboxylic acids is 2. The Morgan fingerprint density at radius 1 is 0.975 bits per heavy atom. The van der Waals surface area contributed by atoms with E-state index in [1.165, 1.54) is 24.1 Å². The fourth-order valence-electron chi connectivity index (χ4n) is 4.33. The quantitative estimate of drug-likeness (QED) is 0.277.